The molecule has 0 radical (unpaired) electrons. The van der Waals surface area contributed by atoms with Gasteiger partial charge in [-0.25, -0.2) is 4.98 Å². The van der Waals surface area contributed by atoms with Gasteiger partial charge in [0.25, 0.3) is 5.91 Å². The predicted molar refractivity (Wildman–Crippen MR) is 124 cm³/mol. The number of rotatable bonds is 6. The Morgan fingerprint density at radius 3 is 2.53 bits per heavy atom. The maximum atomic E-state index is 13.2. The number of carbonyl (C=O) groups is 1. The highest BCUT2D eigenvalue weighted by atomic mass is 35.5. The van der Waals surface area contributed by atoms with Crippen molar-refractivity contribution in [2.75, 3.05) is 28.2 Å². The van der Waals surface area contributed by atoms with E-state index in [1.807, 2.05) is 24.3 Å². The van der Waals surface area contributed by atoms with Crippen molar-refractivity contribution in [3.8, 4) is 0 Å². The Bertz CT molecular complexity index is 1060. The van der Waals surface area contributed by atoms with Gasteiger partial charge in [0.15, 0.2) is 0 Å². The monoisotopic (exact) mass is 420 g/mol. The molecule has 0 aliphatic carbocycles. The number of aryl methyl sites for hydroxylation is 1. The van der Waals surface area contributed by atoms with Crippen LogP contribution in [-0.4, -0.2) is 24.0 Å². The van der Waals surface area contributed by atoms with E-state index < -0.39 is 0 Å². The Labute approximate surface area is 182 Å². The molecule has 154 valence electrons. The molecule has 1 N–H and O–H groups in total. The van der Waals surface area contributed by atoms with E-state index in [0.29, 0.717) is 16.4 Å². The second kappa shape index (κ2) is 8.36. The van der Waals surface area contributed by atoms with Gasteiger partial charge in [-0.2, -0.15) is 0 Å². The maximum Gasteiger partial charge on any atom is 0.261 e. The molecule has 0 saturated heterocycles. The Morgan fingerprint density at radius 2 is 1.87 bits per heavy atom. The van der Waals surface area contributed by atoms with Gasteiger partial charge in [0.2, 0.25) is 0 Å². The van der Waals surface area contributed by atoms with Crippen LogP contribution in [0.2, 0.25) is 5.02 Å². The van der Waals surface area contributed by atoms with E-state index in [4.69, 9.17) is 11.6 Å². The predicted octanol–water partition coefficient (Wildman–Crippen LogP) is 5.66. The van der Waals surface area contributed by atoms with Gasteiger partial charge in [0.1, 0.15) is 12.0 Å². The molecule has 2 heterocycles. The highest BCUT2D eigenvalue weighted by Gasteiger charge is 2.38. The summed E-state index contributed by atoms with van der Waals surface area (Å²) >= 11 is 6.01. The zero-order valence-corrected chi connectivity index (χ0v) is 18.1. The zero-order chi connectivity index (χ0) is 21.3. The number of amides is 1. The van der Waals surface area contributed by atoms with Crippen LogP contribution >= 0.6 is 11.6 Å². The fourth-order valence-corrected chi connectivity index (χ4v) is 4.06. The summed E-state index contributed by atoms with van der Waals surface area (Å²) in [7, 11) is 0. The number of aromatic nitrogens is 1. The first-order valence-corrected chi connectivity index (χ1v) is 10.6. The van der Waals surface area contributed by atoms with Gasteiger partial charge in [-0.1, -0.05) is 29.8 Å². The van der Waals surface area contributed by atoms with E-state index in [0.717, 1.165) is 29.9 Å². The number of hydrogen-bond acceptors (Lipinski definition) is 4. The molecular formula is C24H25ClN4O. The zero-order valence-electron chi connectivity index (χ0n) is 17.4. The Hall–Kier alpha value is -3.05. The average Bonchev–Trinajstić information content (AvgIpc) is 3.03. The van der Waals surface area contributed by atoms with Gasteiger partial charge < -0.3 is 10.2 Å². The number of carbonyl (C=O) groups excluding carboxylic acids is 1. The molecule has 0 unspecified atom stereocenters. The topological polar surface area (TPSA) is 48.5 Å². The third-order valence-corrected chi connectivity index (χ3v) is 5.78. The maximum absolute atomic E-state index is 13.2. The number of hydrogen-bond donors (Lipinski definition) is 1. The number of pyridine rings is 1. The Kier molecular flexibility index (Phi) is 5.64. The van der Waals surface area contributed by atoms with E-state index >= 15 is 0 Å². The third kappa shape index (κ3) is 3.61. The Balaban J connectivity index is 1.71. The molecule has 1 aliphatic heterocycles. The normalized spacial score (nSPS) is 15.3. The molecule has 4 rings (SSSR count). The molecule has 1 aromatic heterocycles. The summed E-state index contributed by atoms with van der Waals surface area (Å²) in [5.74, 6) is 0.492. The first-order valence-electron chi connectivity index (χ1n) is 10.2. The number of benzene rings is 2. The van der Waals surface area contributed by atoms with Crippen molar-refractivity contribution in [2.45, 2.75) is 26.9 Å². The summed E-state index contributed by atoms with van der Waals surface area (Å²) in [4.78, 5) is 21.6. The number of nitrogens with one attached hydrogen (secondary N) is 1. The summed E-state index contributed by atoms with van der Waals surface area (Å²) in [6, 6.07) is 17.6. The Morgan fingerprint density at radius 1 is 1.10 bits per heavy atom. The van der Waals surface area contributed by atoms with Gasteiger partial charge in [0, 0.05) is 41.8 Å². The van der Waals surface area contributed by atoms with E-state index in [-0.39, 0.29) is 12.1 Å². The molecule has 0 spiro atoms. The minimum absolute atomic E-state index is 0.0738. The smallest absolute Gasteiger partial charge is 0.261 e. The van der Waals surface area contributed by atoms with Gasteiger partial charge in [-0.15, -0.1) is 0 Å². The van der Waals surface area contributed by atoms with Crippen LogP contribution in [0.25, 0.3) is 0 Å². The standard InChI is InChI=1S/C24H25ClN4O/c1-4-28(5-2)18-11-12-21(16(3)14-18)27-23-19-8-6-7-9-20(19)24(30)29(23)22-13-10-17(25)15-26-22/h6-15,23,27H,4-5H2,1-3H3/t23-/m0/s1. The average molecular weight is 421 g/mol. The summed E-state index contributed by atoms with van der Waals surface area (Å²) < 4.78 is 0. The highest BCUT2D eigenvalue weighted by molar-refractivity contribution is 6.30. The minimum Gasteiger partial charge on any atom is -0.372 e. The molecule has 3 aromatic rings. The first-order chi connectivity index (χ1) is 14.5. The number of anilines is 3. The molecule has 2 aromatic carbocycles. The third-order valence-electron chi connectivity index (χ3n) is 5.55. The van der Waals surface area contributed by atoms with Crippen LogP contribution in [0.3, 0.4) is 0 Å². The molecule has 0 fully saturated rings. The number of halogens is 1. The van der Waals surface area contributed by atoms with Crippen LogP contribution in [0.1, 0.15) is 41.5 Å². The van der Waals surface area contributed by atoms with Crippen LogP contribution in [0.15, 0.2) is 60.8 Å². The number of nitrogens with zero attached hydrogens (tertiary/aromatic N) is 3. The van der Waals surface area contributed by atoms with Crippen LogP contribution in [0, 0.1) is 6.92 Å². The minimum atomic E-state index is -0.347. The van der Waals surface area contributed by atoms with Crippen molar-refractivity contribution in [2.24, 2.45) is 0 Å². The van der Waals surface area contributed by atoms with Crippen molar-refractivity contribution in [3.63, 3.8) is 0 Å². The SMILES string of the molecule is CCN(CC)c1ccc(N[C@@H]2c3ccccc3C(=O)N2c2ccc(Cl)cn2)c(C)c1. The lowest BCUT2D eigenvalue weighted by atomic mass is 10.1. The first kappa shape index (κ1) is 20.2. The second-order valence-corrected chi connectivity index (χ2v) is 7.75. The molecule has 0 bridgehead atoms. The lowest BCUT2D eigenvalue weighted by Gasteiger charge is -2.28. The largest absolute Gasteiger partial charge is 0.372 e. The lowest BCUT2D eigenvalue weighted by Crippen LogP contribution is -2.33. The van der Waals surface area contributed by atoms with E-state index in [1.54, 1.807) is 23.2 Å². The van der Waals surface area contributed by atoms with Crippen molar-refractivity contribution < 1.29 is 4.79 Å². The molecule has 1 atom stereocenters. The van der Waals surface area contributed by atoms with Gasteiger partial charge in [-0.05, 0) is 62.7 Å². The van der Waals surface area contributed by atoms with Gasteiger partial charge >= 0.3 is 0 Å². The quantitative estimate of drug-likeness (QED) is 0.558. The van der Waals surface area contributed by atoms with Crippen molar-refractivity contribution in [3.05, 3.63) is 82.5 Å². The molecule has 1 amide bonds. The fourth-order valence-electron chi connectivity index (χ4n) is 3.95. The molecule has 30 heavy (non-hydrogen) atoms. The summed E-state index contributed by atoms with van der Waals surface area (Å²) in [6.07, 6.45) is 1.22. The highest BCUT2D eigenvalue weighted by Crippen LogP contribution is 2.38. The second-order valence-electron chi connectivity index (χ2n) is 7.32. The molecule has 5 nitrogen and oxygen atoms in total. The fraction of sp³-hybridized carbons (Fsp3) is 0.250. The van der Waals surface area contributed by atoms with Gasteiger partial charge in [-0.3, -0.25) is 9.69 Å². The number of fused-ring (bicyclic) bond motifs is 1. The summed E-state index contributed by atoms with van der Waals surface area (Å²) in [6.45, 7) is 8.32. The van der Waals surface area contributed by atoms with Crippen molar-refractivity contribution >= 4 is 34.7 Å². The van der Waals surface area contributed by atoms with E-state index in [9.17, 15) is 4.79 Å². The van der Waals surface area contributed by atoms with E-state index in [1.165, 1.54) is 5.69 Å². The summed E-state index contributed by atoms with van der Waals surface area (Å²) in [5, 5.41) is 4.11. The van der Waals surface area contributed by atoms with Crippen LogP contribution in [0.4, 0.5) is 17.2 Å². The van der Waals surface area contributed by atoms with Crippen molar-refractivity contribution in [1.82, 2.24) is 4.98 Å². The van der Waals surface area contributed by atoms with Gasteiger partial charge in [0.05, 0.1) is 5.02 Å². The van der Waals surface area contributed by atoms with Crippen LogP contribution in [0.5, 0.6) is 0 Å². The van der Waals surface area contributed by atoms with E-state index in [2.05, 4.69) is 54.2 Å². The molecule has 1 aliphatic rings. The van der Waals surface area contributed by atoms with Crippen molar-refractivity contribution in [1.29, 1.82) is 0 Å². The molecule has 0 saturated carbocycles. The molecular weight excluding hydrogens is 396 g/mol. The van der Waals surface area contributed by atoms with Crippen LogP contribution < -0.4 is 15.1 Å². The van der Waals surface area contributed by atoms with Crippen LogP contribution in [-0.2, 0) is 0 Å². The summed E-state index contributed by atoms with van der Waals surface area (Å²) in [5.41, 5.74) is 4.93. The molecule has 6 heteroatoms. The lowest BCUT2D eigenvalue weighted by molar-refractivity contribution is 0.0992.